The number of aromatic nitrogens is 2. The van der Waals surface area contributed by atoms with Gasteiger partial charge in [-0.25, -0.2) is 4.98 Å². The normalized spacial score (nSPS) is 18.6. The van der Waals surface area contributed by atoms with E-state index in [0.717, 1.165) is 25.7 Å². The zero-order chi connectivity index (χ0) is 14.3. The molecular formula is C14H15Cl3N2O. The number of rotatable bonds is 2. The minimum Gasteiger partial charge on any atom is -0.387 e. The van der Waals surface area contributed by atoms with E-state index in [2.05, 4.69) is 4.98 Å². The Morgan fingerprint density at radius 3 is 2.50 bits per heavy atom. The molecule has 0 amide bonds. The van der Waals surface area contributed by atoms with Crippen molar-refractivity contribution in [3.8, 4) is 0 Å². The summed E-state index contributed by atoms with van der Waals surface area (Å²) in [6.45, 7) is 0. The molecule has 0 spiro atoms. The van der Waals surface area contributed by atoms with E-state index in [1.54, 1.807) is 16.9 Å². The first kappa shape index (κ1) is 14.5. The summed E-state index contributed by atoms with van der Waals surface area (Å²) in [4.78, 5) is 4.08. The van der Waals surface area contributed by atoms with Gasteiger partial charge in [0, 0.05) is 0 Å². The Morgan fingerprint density at radius 1 is 1.10 bits per heavy atom. The number of aliphatic hydroxyl groups excluding tert-OH is 1. The van der Waals surface area contributed by atoms with Crippen molar-refractivity contribution in [2.45, 2.75) is 38.2 Å². The van der Waals surface area contributed by atoms with Gasteiger partial charge in [0.15, 0.2) is 0 Å². The molecule has 1 N–H and O–H groups in total. The van der Waals surface area contributed by atoms with Crippen LogP contribution in [-0.4, -0.2) is 14.5 Å². The van der Waals surface area contributed by atoms with Crippen LogP contribution in [0.15, 0.2) is 12.5 Å². The fourth-order valence-corrected chi connectivity index (χ4v) is 3.80. The summed E-state index contributed by atoms with van der Waals surface area (Å²) in [7, 11) is 0. The molecule has 1 aliphatic rings. The van der Waals surface area contributed by atoms with Crippen molar-refractivity contribution in [3.63, 3.8) is 0 Å². The molecule has 0 aromatic carbocycles. The summed E-state index contributed by atoms with van der Waals surface area (Å²) in [5, 5.41) is 11.7. The maximum absolute atomic E-state index is 10.7. The van der Waals surface area contributed by atoms with Gasteiger partial charge in [0.05, 0.1) is 44.9 Å². The van der Waals surface area contributed by atoms with Crippen LogP contribution in [0.25, 0.3) is 5.52 Å². The number of pyridine rings is 1. The first-order valence-electron chi connectivity index (χ1n) is 6.77. The zero-order valence-electron chi connectivity index (χ0n) is 10.8. The van der Waals surface area contributed by atoms with Crippen LogP contribution in [0, 0.1) is 5.92 Å². The molecule has 2 aromatic rings. The maximum Gasteiger partial charge on any atom is 0.0996 e. The highest BCUT2D eigenvalue weighted by molar-refractivity contribution is 6.49. The van der Waals surface area contributed by atoms with E-state index in [4.69, 9.17) is 34.8 Å². The van der Waals surface area contributed by atoms with Gasteiger partial charge in [-0.15, -0.1) is 0 Å². The fraction of sp³-hybridized carbons (Fsp3) is 0.500. The van der Waals surface area contributed by atoms with Crippen LogP contribution in [0.4, 0.5) is 0 Å². The third-order valence-corrected chi connectivity index (χ3v) is 5.45. The van der Waals surface area contributed by atoms with Gasteiger partial charge in [-0.3, -0.25) is 4.40 Å². The van der Waals surface area contributed by atoms with Crippen LogP contribution in [0.1, 0.15) is 43.9 Å². The highest BCUT2D eigenvalue weighted by Gasteiger charge is 2.29. The number of nitrogens with zero attached hydrogens (tertiary/aromatic N) is 2. The van der Waals surface area contributed by atoms with Gasteiger partial charge in [0.25, 0.3) is 0 Å². The molecule has 0 saturated heterocycles. The summed E-state index contributed by atoms with van der Waals surface area (Å²) < 4.78 is 1.75. The van der Waals surface area contributed by atoms with Gasteiger partial charge in [-0.2, -0.15) is 0 Å². The number of aliphatic hydroxyl groups is 1. The number of halogens is 3. The first-order valence-corrected chi connectivity index (χ1v) is 7.91. The van der Waals surface area contributed by atoms with Crippen molar-refractivity contribution in [2.75, 3.05) is 0 Å². The number of hydrogen-bond donors (Lipinski definition) is 1. The Balaban J connectivity index is 2.12. The van der Waals surface area contributed by atoms with Gasteiger partial charge < -0.3 is 5.11 Å². The van der Waals surface area contributed by atoms with Crippen LogP contribution < -0.4 is 0 Å². The lowest BCUT2D eigenvalue weighted by atomic mass is 9.84. The molecule has 3 rings (SSSR count). The summed E-state index contributed by atoms with van der Waals surface area (Å²) in [5.41, 5.74) is 1.27. The molecule has 6 heteroatoms. The Hall–Kier alpha value is -0.480. The number of fused-ring (bicyclic) bond motifs is 1. The van der Waals surface area contributed by atoms with Gasteiger partial charge in [-0.05, 0) is 18.8 Å². The third-order valence-electron chi connectivity index (χ3n) is 4.11. The fourth-order valence-electron chi connectivity index (χ4n) is 3.02. The average molecular weight is 334 g/mol. The predicted molar refractivity (Wildman–Crippen MR) is 81.8 cm³/mol. The molecule has 108 valence electrons. The van der Waals surface area contributed by atoms with Crippen LogP contribution in [-0.2, 0) is 0 Å². The van der Waals surface area contributed by atoms with E-state index >= 15 is 0 Å². The van der Waals surface area contributed by atoms with Crippen molar-refractivity contribution < 1.29 is 5.11 Å². The van der Waals surface area contributed by atoms with E-state index in [9.17, 15) is 5.11 Å². The molecule has 3 nitrogen and oxygen atoms in total. The molecular weight excluding hydrogens is 319 g/mol. The topological polar surface area (TPSA) is 37.5 Å². The summed E-state index contributed by atoms with van der Waals surface area (Å²) in [6, 6.07) is 0. The molecule has 0 bridgehead atoms. The summed E-state index contributed by atoms with van der Waals surface area (Å²) in [5.74, 6) is 0.212. The second-order valence-corrected chi connectivity index (χ2v) is 6.45. The van der Waals surface area contributed by atoms with Gasteiger partial charge in [0.1, 0.15) is 0 Å². The molecule has 2 heterocycles. The second-order valence-electron chi connectivity index (χ2n) is 5.32. The summed E-state index contributed by atoms with van der Waals surface area (Å²) in [6.07, 6.45) is 8.14. The molecule has 0 radical (unpaired) electrons. The van der Waals surface area contributed by atoms with Gasteiger partial charge in [-0.1, -0.05) is 54.1 Å². The molecule has 1 fully saturated rings. The van der Waals surface area contributed by atoms with Crippen LogP contribution >= 0.6 is 34.8 Å². The lowest BCUT2D eigenvalue weighted by Crippen LogP contribution is -2.19. The maximum atomic E-state index is 10.7. The highest BCUT2D eigenvalue weighted by atomic mass is 35.5. The molecule has 20 heavy (non-hydrogen) atoms. The average Bonchev–Trinajstić information content (AvgIpc) is 2.95. The molecule has 0 aliphatic heterocycles. The lowest BCUT2D eigenvalue weighted by molar-refractivity contribution is 0.0802. The Labute approximate surface area is 132 Å². The van der Waals surface area contributed by atoms with E-state index in [1.807, 2.05) is 0 Å². The molecule has 1 unspecified atom stereocenters. The van der Waals surface area contributed by atoms with Crippen molar-refractivity contribution >= 4 is 40.3 Å². The van der Waals surface area contributed by atoms with Crippen molar-refractivity contribution in [1.82, 2.24) is 9.38 Å². The molecule has 2 aromatic heterocycles. The van der Waals surface area contributed by atoms with Crippen molar-refractivity contribution in [3.05, 3.63) is 33.3 Å². The van der Waals surface area contributed by atoms with Crippen LogP contribution in [0.5, 0.6) is 0 Å². The minimum atomic E-state index is -0.644. The molecule has 1 atom stereocenters. The highest BCUT2D eigenvalue weighted by Crippen LogP contribution is 2.42. The first-order chi connectivity index (χ1) is 9.61. The smallest absolute Gasteiger partial charge is 0.0996 e. The quantitative estimate of drug-likeness (QED) is 0.848. The van der Waals surface area contributed by atoms with E-state index < -0.39 is 6.10 Å². The van der Waals surface area contributed by atoms with Crippen LogP contribution in [0.3, 0.4) is 0 Å². The lowest BCUT2D eigenvalue weighted by Gasteiger charge is -2.28. The number of imidazole rings is 1. The van der Waals surface area contributed by atoms with E-state index in [-0.39, 0.29) is 10.9 Å². The molecule has 1 saturated carbocycles. The number of hydrogen-bond acceptors (Lipinski definition) is 2. The van der Waals surface area contributed by atoms with E-state index in [0.29, 0.717) is 21.3 Å². The van der Waals surface area contributed by atoms with Crippen LogP contribution in [0.2, 0.25) is 15.1 Å². The third kappa shape index (κ3) is 2.31. The molecule has 1 aliphatic carbocycles. The van der Waals surface area contributed by atoms with E-state index in [1.165, 1.54) is 6.42 Å². The van der Waals surface area contributed by atoms with Gasteiger partial charge in [0.2, 0.25) is 0 Å². The van der Waals surface area contributed by atoms with Crippen molar-refractivity contribution in [1.29, 1.82) is 0 Å². The van der Waals surface area contributed by atoms with Gasteiger partial charge >= 0.3 is 0 Å². The van der Waals surface area contributed by atoms with Crippen molar-refractivity contribution in [2.24, 2.45) is 5.92 Å². The zero-order valence-corrected chi connectivity index (χ0v) is 13.1. The Morgan fingerprint density at radius 2 is 1.80 bits per heavy atom. The monoisotopic (exact) mass is 332 g/mol. The minimum absolute atomic E-state index is 0.212. The largest absolute Gasteiger partial charge is 0.387 e. The Bertz CT molecular complexity index is 635. The predicted octanol–water partition coefficient (Wildman–Crippen LogP) is 4.91. The SMILES string of the molecule is OC(c1c(Cl)c(Cl)c(Cl)c2cncn12)C1CCCCC1. The Kier molecular flexibility index (Phi) is 4.14. The standard InChI is InChI=1S/C14H15Cl3N2O/c15-10-9-6-18-7-19(9)13(12(17)11(10)16)14(20)8-4-2-1-3-5-8/h6-8,14,20H,1-5H2. The second kappa shape index (κ2) is 5.72. The summed E-state index contributed by atoms with van der Waals surface area (Å²) >= 11 is 18.7.